The summed E-state index contributed by atoms with van der Waals surface area (Å²) in [7, 11) is 1.63. The first kappa shape index (κ1) is 20.5. The lowest BCUT2D eigenvalue weighted by Gasteiger charge is -2.31. The topological polar surface area (TPSA) is 58.6 Å². The fraction of sp³-hybridized carbons (Fsp3) is 0.333. The lowest BCUT2D eigenvalue weighted by molar-refractivity contribution is -0.123. The van der Waals surface area contributed by atoms with Crippen molar-refractivity contribution in [3.05, 3.63) is 59.0 Å². The molecule has 5 nitrogen and oxygen atoms in total. The fourth-order valence-corrected chi connectivity index (χ4v) is 4.99. The van der Waals surface area contributed by atoms with Crippen LogP contribution in [-0.4, -0.2) is 31.5 Å². The van der Waals surface area contributed by atoms with E-state index in [0.29, 0.717) is 4.91 Å². The maximum absolute atomic E-state index is 13.3. The molecule has 1 heterocycles. The van der Waals surface area contributed by atoms with Crippen molar-refractivity contribution in [3.63, 3.8) is 0 Å². The van der Waals surface area contributed by atoms with Crippen LogP contribution in [0.5, 0.6) is 5.75 Å². The number of nitrogens with one attached hydrogen (secondary N) is 1. The van der Waals surface area contributed by atoms with E-state index in [0.717, 1.165) is 47.6 Å². The third kappa shape index (κ3) is 4.70. The van der Waals surface area contributed by atoms with Crippen molar-refractivity contribution in [1.82, 2.24) is 5.32 Å². The number of fused-ring (bicyclic) bond motifs is 1. The van der Waals surface area contributed by atoms with Gasteiger partial charge in [0, 0.05) is 10.9 Å². The number of carbonyl (C=O) groups excluding carboxylic acids is 2. The summed E-state index contributed by atoms with van der Waals surface area (Å²) in [4.78, 5) is 29.2. The average Bonchev–Trinajstić information content (AvgIpc) is 2.78. The molecule has 1 aliphatic carbocycles. The highest BCUT2D eigenvalue weighted by atomic mass is 32.2. The maximum atomic E-state index is 13.3. The van der Waals surface area contributed by atoms with Gasteiger partial charge in [0.1, 0.15) is 12.3 Å². The number of hydrogen-bond donors (Lipinski definition) is 1. The van der Waals surface area contributed by atoms with Crippen molar-refractivity contribution in [2.75, 3.05) is 18.6 Å². The van der Waals surface area contributed by atoms with Gasteiger partial charge < -0.3 is 10.1 Å². The highest BCUT2D eigenvalue weighted by Crippen LogP contribution is 2.42. The molecule has 0 spiro atoms. The zero-order valence-electron chi connectivity index (χ0n) is 17.1. The molecule has 0 aromatic heterocycles. The number of hydrogen-bond acceptors (Lipinski definition) is 4. The van der Waals surface area contributed by atoms with E-state index in [1.807, 2.05) is 54.6 Å². The Balaban J connectivity index is 1.56. The van der Waals surface area contributed by atoms with Crippen LogP contribution in [-0.2, 0) is 9.59 Å². The summed E-state index contributed by atoms with van der Waals surface area (Å²) < 4.78 is 5.20. The second-order valence-electron chi connectivity index (χ2n) is 7.65. The molecule has 1 fully saturated rings. The summed E-state index contributed by atoms with van der Waals surface area (Å²) in [6.07, 6.45) is 7.46. The van der Waals surface area contributed by atoms with E-state index in [1.165, 1.54) is 18.2 Å². The van der Waals surface area contributed by atoms with Crippen LogP contribution in [0.1, 0.15) is 37.7 Å². The highest BCUT2D eigenvalue weighted by molar-refractivity contribution is 8.04. The van der Waals surface area contributed by atoms with Gasteiger partial charge >= 0.3 is 0 Å². The van der Waals surface area contributed by atoms with Crippen LogP contribution >= 0.6 is 11.8 Å². The molecule has 1 N–H and O–H groups in total. The molecule has 1 saturated carbocycles. The number of methoxy groups -OCH3 is 1. The molecule has 4 rings (SSSR count). The Morgan fingerprint density at radius 1 is 1.13 bits per heavy atom. The van der Waals surface area contributed by atoms with E-state index < -0.39 is 0 Å². The molecule has 0 radical (unpaired) electrons. The monoisotopic (exact) mass is 422 g/mol. The predicted molar refractivity (Wildman–Crippen MR) is 121 cm³/mol. The normalized spacial score (nSPS) is 18.2. The Hall–Kier alpha value is -2.73. The number of para-hydroxylation sites is 1. The summed E-state index contributed by atoms with van der Waals surface area (Å²) in [6, 6.07) is 15.5. The first-order valence-corrected chi connectivity index (χ1v) is 11.2. The number of ether oxygens (including phenoxy) is 1. The van der Waals surface area contributed by atoms with Gasteiger partial charge in [0.25, 0.3) is 5.91 Å². The van der Waals surface area contributed by atoms with E-state index >= 15 is 0 Å². The smallest absolute Gasteiger partial charge is 0.265 e. The third-order valence-electron chi connectivity index (χ3n) is 5.52. The lowest BCUT2D eigenvalue weighted by Crippen LogP contribution is -2.46. The van der Waals surface area contributed by atoms with Crippen LogP contribution in [0.4, 0.5) is 5.69 Å². The molecule has 0 saturated heterocycles. The lowest BCUT2D eigenvalue weighted by atomic mass is 9.95. The second-order valence-corrected chi connectivity index (χ2v) is 8.73. The molecular weight excluding hydrogens is 396 g/mol. The van der Waals surface area contributed by atoms with Crippen molar-refractivity contribution in [2.45, 2.75) is 43.0 Å². The third-order valence-corrected chi connectivity index (χ3v) is 6.59. The second kappa shape index (κ2) is 9.39. The number of amides is 2. The molecule has 0 bridgehead atoms. The van der Waals surface area contributed by atoms with Gasteiger partial charge in [-0.15, -0.1) is 0 Å². The van der Waals surface area contributed by atoms with Crippen LogP contribution in [0, 0.1) is 0 Å². The molecule has 2 aliphatic rings. The van der Waals surface area contributed by atoms with E-state index in [1.54, 1.807) is 12.0 Å². The molecule has 2 amide bonds. The van der Waals surface area contributed by atoms with Crippen LogP contribution in [0.25, 0.3) is 6.08 Å². The first-order chi connectivity index (χ1) is 14.6. The summed E-state index contributed by atoms with van der Waals surface area (Å²) in [5.41, 5.74) is 1.70. The van der Waals surface area contributed by atoms with Crippen molar-refractivity contribution in [3.8, 4) is 5.75 Å². The van der Waals surface area contributed by atoms with Gasteiger partial charge in [-0.25, -0.2) is 0 Å². The van der Waals surface area contributed by atoms with Crippen LogP contribution in [0.15, 0.2) is 58.3 Å². The Kier molecular flexibility index (Phi) is 6.43. The van der Waals surface area contributed by atoms with Gasteiger partial charge in [-0.2, -0.15) is 0 Å². The summed E-state index contributed by atoms with van der Waals surface area (Å²) in [6.45, 7) is 0.0346. The van der Waals surface area contributed by atoms with Crippen molar-refractivity contribution < 1.29 is 14.3 Å². The molecule has 2 aromatic carbocycles. The first-order valence-electron chi connectivity index (χ1n) is 10.4. The van der Waals surface area contributed by atoms with Crippen LogP contribution in [0.2, 0.25) is 0 Å². The van der Waals surface area contributed by atoms with E-state index in [4.69, 9.17) is 4.74 Å². The minimum absolute atomic E-state index is 0.0346. The number of nitrogens with zero attached hydrogens (tertiary/aromatic N) is 1. The van der Waals surface area contributed by atoms with E-state index in [9.17, 15) is 9.59 Å². The van der Waals surface area contributed by atoms with Crippen molar-refractivity contribution >= 4 is 35.3 Å². The molecule has 156 valence electrons. The SMILES string of the molecule is COc1ccc(/C=C2\Sc3ccccc3N(CC(=O)NC3CCCCC3)C2=O)cc1. The summed E-state index contributed by atoms with van der Waals surface area (Å²) in [5, 5.41) is 3.12. The zero-order chi connectivity index (χ0) is 20.9. The molecule has 0 unspecified atom stereocenters. The minimum atomic E-state index is -0.145. The van der Waals surface area contributed by atoms with Gasteiger partial charge in [0.15, 0.2) is 0 Å². The molecular formula is C24H26N2O3S. The Morgan fingerprint density at radius 2 is 1.87 bits per heavy atom. The Labute approximate surface area is 181 Å². The van der Waals surface area contributed by atoms with Gasteiger partial charge in [0.05, 0.1) is 17.7 Å². The zero-order valence-corrected chi connectivity index (χ0v) is 17.9. The summed E-state index contributed by atoms with van der Waals surface area (Å²) >= 11 is 1.44. The predicted octanol–water partition coefficient (Wildman–Crippen LogP) is 4.62. The number of benzene rings is 2. The number of rotatable bonds is 5. The van der Waals surface area contributed by atoms with E-state index in [-0.39, 0.29) is 24.4 Å². The number of thioether (sulfide) groups is 1. The van der Waals surface area contributed by atoms with Crippen molar-refractivity contribution in [1.29, 1.82) is 0 Å². The summed E-state index contributed by atoms with van der Waals surface area (Å²) in [5.74, 6) is 0.528. The minimum Gasteiger partial charge on any atom is -0.497 e. The quantitative estimate of drug-likeness (QED) is 0.714. The van der Waals surface area contributed by atoms with Gasteiger partial charge in [-0.3, -0.25) is 14.5 Å². The standard InChI is InChI=1S/C24H26N2O3S/c1-29-19-13-11-17(12-14-19)15-22-24(28)26(20-9-5-6-10-21(20)30-22)16-23(27)25-18-7-3-2-4-8-18/h5-6,9-15,18H,2-4,7-8,16H2,1H3,(H,25,27)/b22-15-. The number of anilines is 1. The molecule has 30 heavy (non-hydrogen) atoms. The van der Waals surface area contributed by atoms with Gasteiger partial charge in [0.2, 0.25) is 5.91 Å². The van der Waals surface area contributed by atoms with E-state index in [2.05, 4.69) is 5.32 Å². The fourth-order valence-electron chi connectivity index (χ4n) is 3.93. The average molecular weight is 423 g/mol. The number of carbonyl (C=O) groups is 2. The Bertz CT molecular complexity index is 949. The van der Waals surface area contributed by atoms with Crippen LogP contribution < -0.4 is 15.0 Å². The largest absolute Gasteiger partial charge is 0.497 e. The maximum Gasteiger partial charge on any atom is 0.265 e. The molecule has 2 aromatic rings. The molecule has 1 aliphatic heterocycles. The van der Waals surface area contributed by atoms with Crippen molar-refractivity contribution in [2.24, 2.45) is 0 Å². The Morgan fingerprint density at radius 3 is 2.60 bits per heavy atom. The molecule has 6 heteroatoms. The molecule has 0 atom stereocenters. The highest BCUT2D eigenvalue weighted by Gasteiger charge is 2.31. The van der Waals surface area contributed by atoms with Crippen LogP contribution in [0.3, 0.4) is 0 Å². The van der Waals surface area contributed by atoms with Gasteiger partial charge in [-0.05, 0) is 48.7 Å². The van der Waals surface area contributed by atoms with Gasteiger partial charge in [-0.1, -0.05) is 55.3 Å².